The van der Waals surface area contributed by atoms with Crippen molar-refractivity contribution >= 4 is 34.1 Å². The van der Waals surface area contributed by atoms with Crippen LogP contribution in [0.25, 0.3) is 22.0 Å². The number of carbonyl (C=O) groups excluding carboxylic acids is 1. The number of hydrogen-bond acceptors (Lipinski definition) is 4. The van der Waals surface area contributed by atoms with Crippen LogP contribution in [0.3, 0.4) is 0 Å². The van der Waals surface area contributed by atoms with Gasteiger partial charge < -0.3 is 10.1 Å². The Kier molecular flexibility index (Phi) is 5.23. The number of phenolic OH excluding ortho intramolecular Hbond substituents is 1. The summed E-state index contributed by atoms with van der Waals surface area (Å²) in [5.41, 5.74) is 3.68. The Labute approximate surface area is 194 Å². The standard InChI is InChI=1S/C26H20ClN3O3/c1-15(31)30-23(17-5-4-6-19(32)13-17)14-22(29-30)25-24(16-9-11-18(27)12-10-16)20-7-2-3-8-21(20)28-26(25)33/h2-13,23,32H,14H2,1H3,(H,28,33). The van der Waals surface area contributed by atoms with E-state index in [2.05, 4.69) is 10.1 Å². The van der Waals surface area contributed by atoms with Gasteiger partial charge in [-0.3, -0.25) is 9.59 Å². The summed E-state index contributed by atoms with van der Waals surface area (Å²) >= 11 is 6.11. The van der Waals surface area contributed by atoms with E-state index in [1.54, 1.807) is 30.3 Å². The maximum absolute atomic E-state index is 13.3. The first-order valence-corrected chi connectivity index (χ1v) is 10.9. The number of H-pyrrole nitrogens is 1. The largest absolute Gasteiger partial charge is 0.508 e. The lowest BCUT2D eigenvalue weighted by Gasteiger charge is -2.20. The number of phenols is 1. The number of amides is 1. The zero-order valence-corrected chi connectivity index (χ0v) is 18.5. The molecule has 4 aromatic rings. The van der Waals surface area contributed by atoms with Crippen LogP contribution in [-0.2, 0) is 4.79 Å². The van der Waals surface area contributed by atoms with Crippen molar-refractivity contribution in [3.63, 3.8) is 0 Å². The molecule has 0 saturated heterocycles. The Balaban J connectivity index is 1.73. The number of hydrazone groups is 1. The van der Waals surface area contributed by atoms with E-state index in [9.17, 15) is 14.7 Å². The fraction of sp³-hybridized carbons (Fsp3) is 0.115. The van der Waals surface area contributed by atoms with Crippen LogP contribution in [-0.4, -0.2) is 26.7 Å². The first kappa shape index (κ1) is 21.0. The molecule has 164 valence electrons. The van der Waals surface area contributed by atoms with Crippen LogP contribution >= 0.6 is 11.6 Å². The molecule has 0 spiro atoms. The minimum Gasteiger partial charge on any atom is -0.508 e. The molecule has 1 unspecified atom stereocenters. The van der Waals surface area contributed by atoms with E-state index in [1.807, 2.05) is 42.5 Å². The number of pyridine rings is 1. The molecule has 0 saturated carbocycles. The third kappa shape index (κ3) is 3.79. The molecule has 1 aromatic heterocycles. The summed E-state index contributed by atoms with van der Waals surface area (Å²) in [6.45, 7) is 1.44. The average molecular weight is 458 g/mol. The molecule has 0 aliphatic carbocycles. The molecule has 33 heavy (non-hydrogen) atoms. The lowest BCUT2D eigenvalue weighted by Crippen LogP contribution is -2.24. The number of nitrogens with one attached hydrogen (secondary N) is 1. The maximum atomic E-state index is 13.3. The number of para-hydroxylation sites is 1. The summed E-state index contributed by atoms with van der Waals surface area (Å²) in [5, 5.41) is 17.4. The molecule has 1 aliphatic heterocycles. The number of aromatic nitrogens is 1. The highest BCUT2D eigenvalue weighted by Gasteiger charge is 2.34. The van der Waals surface area contributed by atoms with Crippen LogP contribution in [0.2, 0.25) is 5.02 Å². The Hall–Kier alpha value is -3.90. The molecular weight excluding hydrogens is 438 g/mol. The predicted molar refractivity (Wildman–Crippen MR) is 130 cm³/mol. The fourth-order valence-corrected chi connectivity index (χ4v) is 4.50. The Morgan fingerprint density at radius 2 is 1.82 bits per heavy atom. The van der Waals surface area contributed by atoms with Crippen LogP contribution in [0.4, 0.5) is 0 Å². The van der Waals surface area contributed by atoms with E-state index in [1.165, 1.54) is 11.9 Å². The molecule has 5 rings (SSSR count). The Bertz CT molecular complexity index is 1470. The van der Waals surface area contributed by atoms with Gasteiger partial charge in [0.05, 0.1) is 17.3 Å². The van der Waals surface area contributed by atoms with Crippen LogP contribution in [0.5, 0.6) is 5.75 Å². The number of rotatable bonds is 3. The number of aromatic hydroxyl groups is 1. The third-order valence-electron chi connectivity index (χ3n) is 5.83. The molecule has 6 nitrogen and oxygen atoms in total. The minimum absolute atomic E-state index is 0.106. The number of benzene rings is 3. The summed E-state index contributed by atoms with van der Waals surface area (Å²) < 4.78 is 0. The zero-order chi connectivity index (χ0) is 23.1. The first-order chi connectivity index (χ1) is 15.9. The molecule has 7 heteroatoms. The van der Waals surface area contributed by atoms with Crippen LogP contribution in [0, 0.1) is 0 Å². The summed E-state index contributed by atoms with van der Waals surface area (Å²) in [7, 11) is 0. The molecule has 1 amide bonds. The van der Waals surface area contributed by atoms with E-state index in [0.29, 0.717) is 28.2 Å². The third-order valence-corrected chi connectivity index (χ3v) is 6.08. The molecule has 0 bridgehead atoms. The predicted octanol–water partition coefficient (Wildman–Crippen LogP) is 5.25. The topological polar surface area (TPSA) is 85.8 Å². The summed E-state index contributed by atoms with van der Waals surface area (Å²) in [5.74, 6) is -0.140. The van der Waals surface area contributed by atoms with Crippen molar-refractivity contribution in [1.29, 1.82) is 0 Å². The maximum Gasteiger partial charge on any atom is 0.258 e. The fourth-order valence-electron chi connectivity index (χ4n) is 4.38. The van der Waals surface area contributed by atoms with Gasteiger partial charge in [-0.1, -0.05) is 54.1 Å². The second-order valence-electron chi connectivity index (χ2n) is 7.98. The van der Waals surface area contributed by atoms with Gasteiger partial charge in [0.1, 0.15) is 5.75 Å². The van der Waals surface area contributed by atoms with E-state index >= 15 is 0 Å². The van der Waals surface area contributed by atoms with E-state index in [4.69, 9.17) is 11.6 Å². The van der Waals surface area contributed by atoms with Gasteiger partial charge in [0.2, 0.25) is 5.91 Å². The van der Waals surface area contributed by atoms with Crippen molar-refractivity contribution in [2.24, 2.45) is 5.10 Å². The van der Waals surface area contributed by atoms with Gasteiger partial charge in [-0.15, -0.1) is 0 Å². The molecule has 1 aliphatic rings. The van der Waals surface area contributed by atoms with Crippen molar-refractivity contribution in [3.05, 3.63) is 99.3 Å². The molecule has 3 aromatic carbocycles. The quantitative estimate of drug-likeness (QED) is 0.440. The summed E-state index contributed by atoms with van der Waals surface area (Å²) in [4.78, 5) is 28.7. The Morgan fingerprint density at radius 3 is 2.55 bits per heavy atom. The lowest BCUT2D eigenvalue weighted by molar-refractivity contribution is -0.130. The van der Waals surface area contributed by atoms with Gasteiger partial charge in [-0.05, 0) is 41.5 Å². The van der Waals surface area contributed by atoms with E-state index in [-0.39, 0.29) is 17.2 Å². The average Bonchev–Trinajstić information content (AvgIpc) is 3.24. The molecule has 0 fully saturated rings. The molecule has 2 heterocycles. The lowest BCUT2D eigenvalue weighted by atomic mass is 9.91. The van der Waals surface area contributed by atoms with Crippen molar-refractivity contribution in [2.45, 2.75) is 19.4 Å². The number of fused-ring (bicyclic) bond motifs is 1. The highest BCUT2D eigenvalue weighted by Crippen LogP contribution is 2.37. The van der Waals surface area contributed by atoms with Crippen LogP contribution < -0.4 is 5.56 Å². The number of halogens is 1. The van der Waals surface area contributed by atoms with Gasteiger partial charge in [0, 0.05) is 34.8 Å². The first-order valence-electron chi connectivity index (χ1n) is 10.5. The molecule has 1 atom stereocenters. The monoisotopic (exact) mass is 457 g/mol. The van der Waals surface area contributed by atoms with Crippen molar-refractivity contribution in [2.75, 3.05) is 0 Å². The number of hydrogen-bond donors (Lipinski definition) is 2. The van der Waals surface area contributed by atoms with Crippen LogP contribution in [0.15, 0.2) is 82.7 Å². The highest BCUT2D eigenvalue weighted by molar-refractivity contribution is 6.30. The number of nitrogens with zero attached hydrogens (tertiary/aromatic N) is 2. The number of aromatic amines is 1. The molecule has 2 N–H and O–H groups in total. The second kappa shape index (κ2) is 8.22. The van der Waals surface area contributed by atoms with Gasteiger partial charge >= 0.3 is 0 Å². The van der Waals surface area contributed by atoms with Crippen LogP contribution in [0.1, 0.15) is 30.5 Å². The SMILES string of the molecule is CC(=O)N1N=C(c2c(-c3ccc(Cl)cc3)c3ccccc3[nH]c2=O)CC1c1cccc(O)c1. The van der Waals surface area contributed by atoms with E-state index in [0.717, 1.165) is 22.1 Å². The van der Waals surface area contributed by atoms with Gasteiger partial charge in [-0.25, -0.2) is 5.01 Å². The number of carbonyl (C=O) groups is 1. The van der Waals surface area contributed by atoms with Gasteiger partial charge in [0.25, 0.3) is 5.56 Å². The highest BCUT2D eigenvalue weighted by atomic mass is 35.5. The molecular formula is C26H20ClN3O3. The van der Waals surface area contributed by atoms with Gasteiger partial charge in [0.15, 0.2) is 0 Å². The molecule has 0 radical (unpaired) electrons. The smallest absolute Gasteiger partial charge is 0.258 e. The van der Waals surface area contributed by atoms with Crippen molar-refractivity contribution < 1.29 is 9.90 Å². The summed E-state index contributed by atoms with van der Waals surface area (Å²) in [6.07, 6.45) is 0.338. The summed E-state index contributed by atoms with van der Waals surface area (Å²) in [6, 6.07) is 21.2. The minimum atomic E-state index is -0.423. The van der Waals surface area contributed by atoms with Crippen molar-refractivity contribution in [3.8, 4) is 16.9 Å². The zero-order valence-electron chi connectivity index (χ0n) is 17.7. The second-order valence-corrected chi connectivity index (χ2v) is 8.42. The Morgan fingerprint density at radius 1 is 1.06 bits per heavy atom. The van der Waals surface area contributed by atoms with Crippen molar-refractivity contribution in [1.82, 2.24) is 9.99 Å². The van der Waals surface area contributed by atoms with Gasteiger partial charge in [-0.2, -0.15) is 5.10 Å². The van der Waals surface area contributed by atoms with E-state index < -0.39 is 6.04 Å². The normalized spacial score (nSPS) is 15.6.